The minimum Gasteiger partial charge on any atom is -0.354 e. The van der Waals surface area contributed by atoms with Crippen LogP contribution in [-0.2, 0) is 32.6 Å². The zero-order valence-electron chi connectivity index (χ0n) is 26.4. The van der Waals surface area contributed by atoms with Gasteiger partial charge in [-0.2, -0.15) is 0 Å². The first kappa shape index (κ1) is 34.7. The lowest BCUT2D eigenvalue weighted by Crippen LogP contribution is -2.53. The van der Waals surface area contributed by atoms with Gasteiger partial charge in [-0.1, -0.05) is 91.7 Å². The fourth-order valence-corrected chi connectivity index (χ4v) is 6.60. The van der Waals surface area contributed by atoms with E-state index in [9.17, 15) is 22.4 Å². The first-order valence-corrected chi connectivity index (χ1v) is 16.9. The van der Waals surface area contributed by atoms with E-state index in [1.165, 1.54) is 35.2 Å². The molecule has 0 aliphatic rings. The van der Waals surface area contributed by atoms with Crippen LogP contribution in [0.15, 0.2) is 102 Å². The van der Waals surface area contributed by atoms with E-state index in [1.54, 1.807) is 43.3 Å². The quantitative estimate of drug-likeness (QED) is 0.172. The number of hydrogen-bond acceptors (Lipinski definition) is 4. The monoisotopic (exact) mass is 663 g/mol. The van der Waals surface area contributed by atoms with Gasteiger partial charge in [0, 0.05) is 24.5 Å². The van der Waals surface area contributed by atoms with Crippen molar-refractivity contribution >= 4 is 39.1 Å². The molecule has 0 spiro atoms. The lowest BCUT2D eigenvalue weighted by Gasteiger charge is -2.34. The fourth-order valence-electron chi connectivity index (χ4n) is 4.97. The van der Waals surface area contributed by atoms with Crippen molar-refractivity contribution in [3.8, 4) is 0 Å². The number of benzene rings is 4. The van der Waals surface area contributed by atoms with Gasteiger partial charge in [-0.25, -0.2) is 12.8 Å². The molecule has 10 heteroatoms. The van der Waals surface area contributed by atoms with Gasteiger partial charge in [0.25, 0.3) is 10.0 Å². The zero-order valence-corrected chi connectivity index (χ0v) is 28.0. The molecule has 1 unspecified atom stereocenters. The van der Waals surface area contributed by atoms with Gasteiger partial charge in [-0.3, -0.25) is 13.9 Å². The highest BCUT2D eigenvalue weighted by Gasteiger charge is 2.35. The molecule has 7 nitrogen and oxygen atoms in total. The summed E-state index contributed by atoms with van der Waals surface area (Å²) < 4.78 is 43.3. The summed E-state index contributed by atoms with van der Waals surface area (Å²) in [5, 5.41) is 3.25. The molecule has 4 rings (SSSR count). The summed E-state index contributed by atoms with van der Waals surface area (Å²) in [6.07, 6.45) is 0.179. The number of nitrogens with zero attached hydrogens (tertiary/aromatic N) is 2. The molecule has 0 aliphatic heterocycles. The van der Waals surface area contributed by atoms with Crippen molar-refractivity contribution in [3.05, 3.63) is 130 Å². The number of nitrogens with one attached hydrogen (secondary N) is 1. The minimum atomic E-state index is -4.27. The molecular formula is C36H39ClFN3O4S. The standard InChI is InChI=1S/C36H39ClFN3O4S/c1-25(2)22-39-36(43)34(20-28-8-6-5-7-9-28)40(23-29-13-16-31(38)17-14-29)35(42)24-41(33-21-30(37)15-12-27(33)4)46(44,45)32-18-10-26(3)11-19-32/h5-19,21,25,34H,20,22-24H2,1-4H3,(H,39,43). The van der Waals surface area contributed by atoms with Gasteiger partial charge < -0.3 is 10.2 Å². The predicted molar refractivity (Wildman–Crippen MR) is 181 cm³/mol. The Kier molecular flexibility index (Phi) is 11.6. The van der Waals surface area contributed by atoms with Crippen LogP contribution in [0.3, 0.4) is 0 Å². The van der Waals surface area contributed by atoms with E-state index in [2.05, 4.69) is 5.32 Å². The molecule has 0 aromatic heterocycles. The van der Waals surface area contributed by atoms with E-state index in [0.29, 0.717) is 22.7 Å². The number of carbonyl (C=O) groups is 2. The molecule has 0 aliphatic carbocycles. The maximum atomic E-state index is 14.5. The minimum absolute atomic E-state index is 0.00544. The van der Waals surface area contributed by atoms with Crippen LogP contribution in [0.25, 0.3) is 0 Å². The van der Waals surface area contributed by atoms with Crippen molar-refractivity contribution in [3.63, 3.8) is 0 Å². The molecule has 1 atom stereocenters. The van der Waals surface area contributed by atoms with Gasteiger partial charge in [0.2, 0.25) is 11.8 Å². The highest BCUT2D eigenvalue weighted by atomic mass is 35.5. The van der Waals surface area contributed by atoms with Crippen LogP contribution in [-0.4, -0.2) is 44.3 Å². The Morgan fingerprint density at radius 3 is 2.15 bits per heavy atom. The van der Waals surface area contributed by atoms with E-state index in [-0.39, 0.29) is 35.4 Å². The molecule has 0 heterocycles. The topological polar surface area (TPSA) is 86.8 Å². The lowest BCUT2D eigenvalue weighted by molar-refractivity contribution is -0.140. The highest BCUT2D eigenvalue weighted by molar-refractivity contribution is 7.92. The molecule has 0 radical (unpaired) electrons. The van der Waals surface area contributed by atoms with Crippen LogP contribution < -0.4 is 9.62 Å². The number of halogens is 2. The highest BCUT2D eigenvalue weighted by Crippen LogP contribution is 2.30. The van der Waals surface area contributed by atoms with Gasteiger partial charge in [0.05, 0.1) is 10.6 Å². The Hall–Kier alpha value is -4.21. The zero-order chi connectivity index (χ0) is 33.4. The summed E-state index contributed by atoms with van der Waals surface area (Å²) in [7, 11) is -4.27. The first-order chi connectivity index (χ1) is 21.8. The van der Waals surface area contributed by atoms with E-state index in [0.717, 1.165) is 15.4 Å². The van der Waals surface area contributed by atoms with E-state index in [4.69, 9.17) is 11.6 Å². The number of amides is 2. The van der Waals surface area contributed by atoms with Crippen LogP contribution in [0.4, 0.5) is 10.1 Å². The van der Waals surface area contributed by atoms with Gasteiger partial charge >= 0.3 is 0 Å². The van der Waals surface area contributed by atoms with Crippen molar-refractivity contribution < 1.29 is 22.4 Å². The average molecular weight is 664 g/mol. The molecule has 0 saturated carbocycles. The van der Waals surface area contributed by atoms with Gasteiger partial charge in [0.1, 0.15) is 18.4 Å². The Bertz CT molecular complexity index is 1750. The van der Waals surface area contributed by atoms with Crippen LogP contribution in [0.2, 0.25) is 5.02 Å². The number of sulfonamides is 1. The molecule has 0 fully saturated rings. The van der Waals surface area contributed by atoms with Gasteiger partial charge in [0.15, 0.2) is 0 Å². The maximum Gasteiger partial charge on any atom is 0.264 e. The van der Waals surface area contributed by atoms with Crippen LogP contribution in [0.5, 0.6) is 0 Å². The Morgan fingerprint density at radius 1 is 0.870 bits per heavy atom. The second kappa shape index (κ2) is 15.4. The second-order valence-corrected chi connectivity index (χ2v) is 14.0. The largest absolute Gasteiger partial charge is 0.354 e. The number of hydrogen-bond donors (Lipinski definition) is 1. The Labute approximate surface area is 276 Å². The molecule has 4 aromatic rings. The molecule has 46 heavy (non-hydrogen) atoms. The normalized spacial score (nSPS) is 12.1. The fraction of sp³-hybridized carbons (Fsp3) is 0.278. The summed E-state index contributed by atoms with van der Waals surface area (Å²) >= 11 is 6.34. The Morgan fingerprint density at radius 2 is 1.52 bits per heavy atom. The second-order valence-electron chi connectivity index (χ2n) is 11.7. The molecule has 1 N–H and O–H groups in total. The molecule has 0 saturated heterocycles. The molecule has 2 amide bonds. The van der Waals surface area contributed by atoms with Gasteiger partial charge in [-0.05, 0) is 72.9 Å². The summed E-state index contributed by atoms with van der Waals surface area (Å²) in [5.74, 6) is -1.27. The van der Waals surface area contributed by atoms with Crippen molar-refractivity contribution in [2.24, 2.45) is 5.92 Å². The number of aryl methyl sites for hydroxylation is 2. The summed E-state index contributed by atoms with van der Waals surface area (Å²) in [5.41, 5.74) is 3.11. The average Bonchev–Trinajstić information content (AvgIpc) is 3.03. The van der Waals surface area contributed by atoms with Crippen molar-refractivity contribution in [1.29, 1.82) is 0 Å². The Balaban J connectivity index is 1.82. The number of rotatable bonds is 13. The maximum absolute atomic E-state index is 14.5. The van der Waals surface area contributed by atoms with Crippen LogP contribution in [0, 0.1) is 25.6 Å². The van der Waals surface area contributed by atoms with Crippen LogP contribution >= 0.6 is 11.6 Å². The third-order valence-electron chi connectivity index (χ3n) is 7.55. The predicted octanol–water partition coefficient (Wildman–Crippen LogP) is 6.70. The SMILES string of the molecule is Cc1ccc(S(=O)(=O)N(CC(=O)N(Cc2ccc(F)cc2)C(Cc2ccccc2)C(=O)NCC(C)C)c2cc(Cl)ccc2C)cc1. The first-order valence-electron chi connectivity index (χ1n) is 15.1. The third kappa shape index (κ3) is 8.95. The van der Waals surface area contributed by atoms with Gasteiger partial charge in [-0.15, -0.1) is 0 Å². The van der Waals surface area contributed by atoms with E-state index < -0.39 is 34.3 Å². The van der Waals surface area contributed by atoms with E-state index >= 15 is 0 Å². The summed E-state index contributed by atoms with van der Waals surface area (Å²) in [6, 6.07) is 25.2. The van der Waals surface area contributed by atoms with E-state index in [1.807, 2.05) is 51.1 Å². The van der Waals surface area contributed by atoms with Crippen molar-refractivity contribution in [1.82, 2.24) is 10.2 Å². The molecule has 242 valence electrons. The molecule has 4 aromatic carbocycles. The van der Waals surface area contributed by atoms with Crippen molar-refractivity contribution in [2.75, 3.05) is 17.4 Å². The van der Waals surface area contributed by atoms with Crippen LogP contribution in [0.1, 0.15) is 36.1 Å². The summed E-state index contributed by atoms with van der Waals surface area (Å²) in [4.78, 5) is 29.8. The number of anilines is 1. The smallest absolute Gasteiger partial charge is 0.264 e. The van der Waals surface area contributed by atoms with Crippen molar-refractivity contribution in [2.45, 2.75) is 51.6 Å². The molecule has 0 bridgehead atoms. The lowest BCUT2D eigenvalue weighted by atomic mass is 10.0. The molecular weight excluding hydrogens is 625 g/mol. The summed E-state index contributed by atoms with van der Waals surface area (Å²) in [6.45, 7) is 7.24. The number of carbonyl (C=O) groups excluding carboxylic acids is 2. The third-order valence-corrected chi connectivity index (χ3v) is 9.56.